The van der Waals surface area contributed by atoms with Crippen molar-refractivity contribution in [2.24, 2.45) is 17.8 Å². The fourth-order valence-corrected chi connectivity index (χ4v) is 2.84. The quantitative estimate of drug-likeness (QED) is 0.617. The molecule has 0 heterocycles. The van der Waals surface area contributed by atoms with Crippen LogP contribution in [0.2, 0.25) is 0 Å². The van der Waals surface area contributed by atoms with E-state index in [0.29, 0.717) is 11.8 Å². The van der Waals surface area contributed by atoms with Gasteiger partial charge in [-0.3, -0.25) is 4.79 Å². The average molecular weight is 184 g/mol. The molecule has 13 heavy (non-hydrogen) atoms. The smallest absolute Gasteiger partial charge is 0.308 e. The van der Waals surface area contributed by atoms with Crippen LogP contribution < -0.4 is 0 Å². The molecule has 0 radical (unpaired) electrons. The molecule has 2 bridgehead atoms. The highest BCUT2D eigenvalue weighted by atomic mass is 16.5. The molecular formula is C10H16O3. The van der Waals surface area contributed by atoms with Gasteiger partial charge < -0.3 is 9.84 Å². The molecule has 3 fully saturated rings. The van der Waals surface area contributed by atoms with Gasteiger partial charge in [-0.1, -0.05) is 0 Å². The normalized spacial score (nSPS) is 43.2. The monoisotopic (exact) mass is 184 g/mol. The summed E-state index contributed by atoms with van der Waals surface area (Å²) in [4.78, 5) is 11.4. The second-order valence-electron chi connectivity index (χ2n) is 4.27. The average Bonchev–Trinajstić information content (AvgIpc) is 2.17. The number of methoxy groups -OCH3 is 1. The zero-order valence-corrected chi connectivity index (χ0v) is 7.90. The summed E-state index contributed by atoms with van der Waals surface area (Å²) in [6.45, 7) is 0. The van der Waals surface area contributed by atoms with E-state index in [9.17, 15) is 9.90 Å². The van der Waals surface area contributed by atoms with Crippen molar-refractivity contribution in [3.8, 4) is 0 Å². The summed E-state index contributed by atoms with van der Waals surface area (Å²) in [7, 11) is 1.45. The van der Waals surface area contributed by atoms with Gasteiger partial charge in [0.2, 0.25) is 0 Å². The number of fused-ring (bicyclic) bond motifs is 3. The van der Waals surface area contributed by atoms with Gasteiger partial charge in [0.25, 0.3) is 0 Å². The van der Waals surface area contributed by atoms with Gasteiger partial charge in [-0.05, 0) is 37.5 Å². The van der Waals surface area contributed by atoms with Crippen LogP contribution in [-0.4, -0.2) is 24.3 Å². The summed E-state index contributed by atoms with van der Waals surface area (Å²) in [5.74, 6) is 0.690. The molecule has 0 aromatic heterocycles. The van der Waals surface area contributed by atoms with Crippen LogP contribution in [0.5, 0.6) is 0 Å². The summed E-state index contributed by atoms with van der Waals surface area (Å²) < 4.78 is 4.76. The van der Waals surface area contributed by atoms with Gasteiger partial charge in [0.05, 0.1) is 19.1 Å². The topological polar surface area (TPSA) is 46.5 Å². The fourth-order valence-electron chi connectivity index (χ4n) is 2.84. The highest BCUT2D eigenvalue weighted by Crippen LogP contribution is 2.45. The number of hydrogen-bond acceptors (Lipinski definition) is 3. The minimum absolute atomic E-state index is 0.0622. The van der Waals surface area contributed by atoms with Gasteiger partial charge >= 0.3 is 5.97 Å². The molecule has 0 aliphatic heterocycles. The first-order valence-electron chi connectivity index (χ1n) is 4.98. The van der Waals surface area contributed by atoms with Crippen molar-refractivity contribution >= 4 is 5.97 Å². The first kappa shape index (κ1) is 9.00. The van der Waals surface area contributed by atoms with E-state index >= 15 is 0 Å². The first-order valence-corrected chi connectivity index (χ1v) is 4.98. The Morgan fingerprint density at radius 1 is 1.31 bits per heavy atom. The van der Waals surface area contributed by atoms with E-state index in [1.165, 1.54) is 7.11 Å². The molecular weight excluding hydrogens is 168 g/mol. The van der Waals surface area contributed by atoms with Gasteiger partial charge in [-0.2, -0.15) is 0 Å². The zero-order chi connectivity index (χ0) is 9.42. The summed E-state index contributed by atoms with van der Waals surface area (Å²) in [5, 5.41) is 9.62. The minimum Gasteiger partial charge on any atom is -0.469 e. The lowest BCUT2D eigenvalue weighted by Gasteiger charge is -2.43. The lowest BCUT2D eigenvalue weighted by Crippen LogP contribution is -2.43. The Morgan fingerprint density at radius 2 is 2.00 bits per heavy atom. The lowest BCUT2D eigenvalue weighted by molar-refractivity contribution is -0.154. The molecule has 3 aliphatic carbocycles. The van der Waals surface area contributed by atoms with Crippen LogP contribution in [0.1, 0.15) is 25.7 Å². The minimum atomic E-state index is -0.167. The van der Waals surface area contributed by atoms with Crippen LogP contribution in [-0.2, 0) is 9.53 Å². The molecule has 3 heteroatoms. The molecule has 3 aliphatic rings. The molecule has 3 rings (SSSR count). The number of carbonyl (C=O) groups is 1. The number of aliphatic hydroxyl groups excluding tert-OH is 1. The number of esters is 1. The van der Waals surface area contributed by atoms with E-state index in [1.54, 1.807) is 0 Å². The van der Waals surface area contributed by atoms with Crippen LogP contribution in [0, 0.1) is 17.8 Å². The molecule has 0 saturated heterocycles. The van der Waals surface area contributed by atoms with E-state index < -0.39 is 0 Å². The van der Waals surface area contributed by atoms with E-state index in [1.807, 2.05) is 0 Å². The van der Waals surface area contributed by atoms with Crippen LogP contribution in [0.25, 0.3) is 0 Å². The predicted molar refractivity (Wildman–Crippen MR) is 47.0 cm³/mol. The molecule has 0 unspecified atom stereocenters. The molecule has 0 aromatic carbocycles. The fraction of sp³-hybridized carbons (Fsp3) is 0.900. The second-order valence-corrected chi connectivity index (χ2v) is 4.27. The number of carbonyl (C=O) groups excluding carboxylic acids is 1. The molecule has 0 aromatic rings. The molecule has 3 nitrogen and oxygen atoms in total. The SMILES string of the molecule is COC(=O)[C@@H]1C[C@H]2CC[C@@H]1C[C@@H]2O. The van der Waals surface area contributed by atoms with Gasteiger partial charge in [-0.25, -0.2) is 0 Å². The Bertz CT molecular complexity index is 214. The Balaban J connectivity index is 2.06. The summed E-state index contributed by atoms with van der Waals surface area (Å²) in [6, 6.07) is 0. The number of ether oxygens (including phenoxy) is 1. The third-order valence-corrected chi connectivity index (χ3v) is 3.63. The lowest BCUT2D eigenvalue weighted by atomic mass is 9.63. The summed E-state index contributed by atoms with van der Waals surface area (Å²) in [6.07, 6.45) is 3.63. The molecule has 1 N–H and O–H groups in total. The maximum absolute atomic E-state index is 11.4. The van der Waals surface area contributed by atoms with Crippen molar-refractivity contribution in [1.29, 1.82) is 0 Å². The van der Waals surface area contributed by atoms with E-state index in [-0.39, 0.29) is 18.0 Å². The van der Waals surface area contributed by atoms with Crippen molar-refractivity contribution < 1.29 is 14.6 Å². The van der Waals surface area contributed by atoms with E-state index in [2.05, 4.69) is 0 Å². The van der Waals surface area contributed by atoms with Crippen molar-refractivity contribution in [1.82, 2.24) is 0 Å². The highest BCUT2D eigenvalue weighted by molar-refractivity contribution is 5.73. The maximum atomic E-state index is 11.4. The molecule has 0 amide bonds. The van der Waals surface area contributed by atoms with Crippen molar-refractivity contribution in [2.75, 3.05) is 7.11 Å². The van der Waals surface area contributed by atoms with Crippen LogP contribution in [0.4, 0.5) is 0 Å². The molecule has 3 saturated carbocycles. The Morgan fingerprint density at radius 3 is 2.46 bits per heavy atom. The maximum Gasteiger partial charge on any atom is 0.308 e. The third-order valence-electron chi connectivity index (χ3n) is 3.63. The van der Waals surface area contributed by atoms with Crippen molar-refractivity contribution in [2.45, 2.75) is 31.8 Å². The van der Waals surface area contributed by atoms with Gasteiger partial charge in [0.1, 0.15) is 0 Å². The van der Waals surface area contributed by atoms with Gasteiger partial charge in [0.15, 0.2) is 0 Å². The van der Waals surface area contributed by atoms with Gasteiger partial charge in [-0.15, -0.1) is 0 Å². The van der Waals surface area contributed by atoms with Gasteiger partial charge in [0, 0.05) is 0 Å². The second kappa shape index (κ2) is 3.29. The number of hydrogen-bond donors (Lipinski definition) is 1. The molecule has 74 valence electrons. The van der Waals surface area contributed by atoms with Crippen LogP contribution in [0.3, 0.4) is 0 Å². The molecule has 0 spiro atoms. The standard InChI is InChI=1S/C10H16O3/c1-13-10(12)8-4-7-3-2-6(8)5-9(7)11/h6-9,11H,2-5H2,1H3/t6-,7-,8-,9+/m1/s1. The number of rotatable bonds is 1. The Hall–Kier alpha value is -0.570. The largest absolute Gasteiger partial charge is 0.469 e. The third kappa shape index (κ3) is 1.46. The Kier molecular flexibility index (Phi) is 2.28. The van der Waals surface area contributed by atoms with Crippen molar-refractivity contribution in [3.05, 3.63) is 0 Å². The van der Waals surface area contributed by atoms with E-state index in [0.717, 1.165) is 25.7 Å². The van der Waals surface area contributed by atoms with E-state index in [4.69, 9.17) is 4.74 Å². The van der Waals surface area contributed by atoms with Crippen LogP contribution in [0.15, 0.2) is 0 Å². The summed E-state index contributed by atoms with van der Waals surface area (Å²) in [5.41, 5.74) is 0. The zero-order valence-electron chi connectivity index (χ0n) is 7.90. The molecule has 4 atom stereocenters. The summed E-state index contributed by atoms with van der Waals surface area (Å²) >= 11 is 0. The van der Waals surface area contributed by atoms with Crippen LogP contribution >= 0.6 is 0 Å². The predicted octanol–water partition coefficient (Wildman–Crippen LogP) is 0.956. The van der Waals surface area contributed by atoms with Crippen molar-refractivity contribution in [3.63, 3.8) is 0 Å². The first-order chi connectivity index (χ1) is 6.22. The number of aliphatic hydroxyl groups is 1. The highest BCUT2D eigenvalue weighted by Gasteiger charge is 2.44. The Labute approximate surface area is 78.1 Å².